The molecular formula is C11H18N2O2. The number of hydrogen-bond donors (Lipinski definition) is 3. The fourth-order valence-corrected chi connectivity index (χ4v) is 1.23. The average Bonchev–Trinajstić information content (AvgIpc) is 2.60. The van der Waals surface area contributed by atoms with E-state index in [1.165, 1.54) is 0 Å². The highest BCUT2D eigenvalue weighted by Crippen LogP contribution is 2.05. The second-order valence-corrected chi connectivity index (χ2v) is 4.04. The molecule has 1 amide bonds. The highest BCUT2D eigenvalue weighted by molar-refractivity contribution is 5.95. The summed E-state index contributed by atoms with van der Waals surface area (Å²) in [5.41, 5.74) is 1.47. The maximum atomic E-state index is 11.6. The van der Waals surface area contributed by atoms with Crippen molar-refractivity contribution in [1.82, 2.24) is 10.3 Å². The Morgan fingerprint density at radius 2 is 2.27 bits per heavy atom. The van der Waals surface area contributed by atoms with Gasteiger partial charge >= 0.3 is 0 Å². The minimum absolute atomic E-state index is 0.145. The number of amides is 1. The van der Waals surface area contributed by atoms with Crippen molar-refractivity contribution in [3.05, 3.63) is 23.5 Å². The third kappa shape index (κ3) is 3.09. The largest absolute Gasteiger partial charge is 0.391 e. The highest BCUT2D eigenvalue weighted by atomic mass is 16.3. The van der Waals surface area contributed by atoms with E-state index in [4.69, 9.17) is 0 Å². The van der Waals surface area contributed by atoms with E-state index in [1.807, 2.05) is 20.8 Å². The zero-order valence-corrected chi connectivity index (χ0v) is 9.37. The molecule has 4 heteroatoms. The number of carbonyl (C=O) groups is 1. The standard InChI is InChI=1S/C11H18N2O2/c1-7(2)10(14)6-13-11(15)9-4-5-12-8(9)3/h4-5,7,10,12,14H,6H2,1-3H3,(H,13,15). The Balaban J connectivity index is 2.47. The molecule has 0 radical (unpaired) electrons. The first-order valence-electron chi connectivity index (χ1n) is 5.12. The van der Waals surface area contributed by atoms with Gasteiger partial charge in [-0.1, -0.05) is 13.8 Å². The average molecular weight is 210 g/mol. The molecule has 3 N–H and O–H groups in total. The van der Waals surface area contributed by atoms with Crippen molar-refractivity contribution < 1.29 is 9.90 Å². The van der Waals surface area contributed by atoms with Crippen molar-refractivity contribution in [2.45, 2.75) is 26.9 Å². The summed E-state index contributed by atoms with van der Waals surface area (Å²) in [6.07, 6.45) is 1.23. The molecule has 1 aromatic rings. The van der Waals surface area contributed by atoms with Gasteiger partial charge in [0.05, 0.1) is 11.7 Å². The Morgan fingerprint density at radius 3 is 2.73 bits per heavy atom. The van der Waals surface area contributed by atoms with Gasteiger partial charge in [-0.3, -0.25) is 4.79 Å². The molecule has 1 atom stereocenters. The number of rotatable bonds is 4. The first-order chi connectivity index (χ1) is 7.02. The van der Waals surface area contributed by atoms with Crippen LogP contribution in [-0.2, 0) is 0 Å². The van der Waals surface area contributed by atoms with Crippen LogP contribution in [0.2, 0.25) is 0 Å². The number of nitrogens with one attached hydrogen (secondary N) is 2. The number of aryl methyl sites for hydroxylation is 1. The first kappa shape index (κ1) is 11.8. The van der Waals surface area contributed by atoms with Gasteiger partial charge in [0.1, 0.15) is 0 Å². The first-order valence-corrected chi connectivity index (χ1v) is 5.12. The van der Waals surface area contributed by atoms with Crippen LogP contribution in [0.5, 0.6) is 0 Å². The van der Waals surface area contributed by atoms with E-state index < -0.39 is 6.10 Å². The van der Waals surface area contributed by atoms with Crippen LogP contribution in [0.25, 0.3) is 0 Å². The highest BCUT2D eigenvalue weighted by Gasteiger charge is 2.13. The van der Waals surface area contributed by atoms with Gasteiger partial charge in [-0.15, -0.1) is 0 Å². The molecule has 0 spiro atoms. The van der Waals surface area contributed by atoms with Crippen molar-refractivity contribution in [1.29, 1.82) is 0 Å². The van der Waals surface area contributed by atoms with Crippen LogP contribution in [0, 0.1) is 12.8 Å². The summed E-state index contributed by atoms with van der Waals surface area (Å²) < 4.78 is 0. The summed E-state index contributed by atoms with van der Waals surface area (Å²) in [5, 5.41) is 12.2. The van der Waals surface area contributed by atoms with Gasteiger partial charge in [-0.2, -0.15) is 0 Å². The minimum atomic E-state index is -0.492. The molecule has 4 nitrogen and oxygen atoms in total. The molecule has 0 aliphatic carbocycles. The molecule has 1 heterocycles. The SMILES string of the molecule is Cc1[nH]ccc1C(=O)NCC(O)C(C)C. The lowest BCUT2D eigenvalue weighted by Gasteiger charge is -2.14. The van der Waals surface area contributed by atoms with Crippen molar-refractivity contribution in [3.8, 4) is 0 Å². The van der Waals surface area contributed by atoms with E-state index >= 15 is 0 Å². The Labute approximate surface area is 89.7 Å². The molecule has 0 aliphatic heterocycles. The van der Waals surface area contributed by atoms with Crippen LogP contribution in [-0.4, -0.2) is 28.6 Å². The summed E-state index contributed by atoms with van der Waals surface area (Å²) in [6, 6.07) is 1.73. The predicted octanol–water partition coefficient (Wildman–Crippen LogP) is 1.07. The zero-order valence-electron chi connectivity index (χ0n) is 9.37. The third-order valence-electron chi connectivity index (χ3n) is 2.44. The second kappa shape index (κ2) is 4.98. The second-order valence-electron chi connectivity index (χ2n) is 4.04. The predicted molar refractivity (Wildman–Crippen MR) is 58.7 cm³/mol. The van der Waals surface area contributed by atoms with Crippen molar-refractivity contribution >= 4 is 5.91 Å². The molecule has 84 valence electrons. The monoisotopic (exact) mass is 210 g/mol. The third-order valence-corrected chi connectivity index (χ3v) is 2.44. The Hall–Kier alpha value is -1.29. The van der Waals surface area contributed by atoms with Crippen molar-refractivity contribution in [3.63, 3.8) is 0 Å². The fraction of sp³-hybridized carbons (Fsp3) is 0.545. The number of H-pyrrole nitrogens is 1. The molecular weight excluding hydrogens is 192 g/mol. The lowest BCUT2D eigenvalue weighted by molar-refractivity contribution is 0.0871. The van der Waals surface area contributed by atoms with Crippen LogP contribution >= 0.6 is 0 Å². The van der Waals surface area contributed by atoms with Crippen LogP contribution < -0.4 is 5.32 Å². The van der Waals surface area contributed by atoms with E-state index in [1.54, 1.807) is 12.3 Å². The van der Waals surface area contributed by atoms with E-state index in [2.05, 4.69) is 10.3 Å². The summed E-state index contributed by atoms with van der Waals surface area (Å²) in [7, 11) is 0. The molecule has 0 fully saturated rings. The van der Waals surface area contributed by atoms with Crippen molar-refractivity contribution in [2.24, 2.45) is 5.92 Å². The van der Waals surface area contributed by atoms with Gasteiger partial charge in [0.2, 0.25) is 0 Å². The number of carbonyl (C=O) groups excluding carboxylic acids is 1. The summed E-state index contributed by atoms with van der Waals surface area (Å²) in [5.74, 6) is 0.00562. The van der Waals surface area contributed by atoms with Gasteiger partial charge < -0.3 is 15.4 Å². The molecule has 0 aromatic carbocycles. The molecule has 1 aromatic heterocycles. The molecule has 0 bridgehead atoms. The van der Waals surface area contributed by atoms with Gasteiger partial charge in [-0.25, -0.2) is 0 Å². The zero-order chi connectivity index (χ0) is 11.4. The number of hydrogen-bond acceptors (Lipinski definition) is 2. The molecule has 15 heavy (non-hydrogen) atoms. The normalized spacial score (nSPS) is 12.9. The Bertz CT molecular complexity index is 331. The lowest BCUT2D eigenvalue weighted by Crippen LogP contribution is -2.34. The van der Waals surface area contributed by atoms with Crippen LogP contribution in [0.1, 0.15) is 29.9 Å². The molecule has 0 saturated heterocycles. The molecule has 1 unspecified atom stereocenters. The van der Waals surface area contributed by atoms with Gasteiger partial charge in [0.25, 0.3) is 5.91 Å². The summed E-state index contributed by atoms with van der Waals surface area (Å²) in [6.45, 7) is 5.96. The quantitative estimate of drug-likeness (QED) is 0.696. The van der Waals surface area contributed by atoms with E-state index in [-0.39, 0.29) is 11.8 Å². The summed E-state index contributed by atoms with van der Waals surface area (Å²) >= 11 is 0. The maximum absolute atomic E-state index is 11.6. The number of aliphatic hydroxyl groups excluding tert-OH is 1. The lowest BCUT2D eigenvalue weighted by atomic mass is 10.1. The number of aromatic nitrogens is 1. The van der Waals surface area contributed by atoms with E-state index in [0.717, 1.165) is 5.69 Å². The van der Waals surface area contributed by atoms with Gasteiger partial charge in [-0.05, 0) is 18.9 Å². The van der Waals surface area contributed by atoms with Gasteiger partial charge in [0, 0.05) is 18.4 Å². The molecule has 0 aliphatic rings. The van der Waals surface area contributed by atoms with E-state index in [0.29, 0.717) is 12.1 Å². The maximum Gasteiger partial charge on any atom is 0.253 e. The fourth-order valence-electron chi connectivity index (χ4n) is 1.23. The Morgan fingerprint density at radius 1 is 1.60 bits per heavy atom. The van der Waals surface area contributed by atoms with Crippen LogP contribution in [0.3, 0.4) is 0 Å². The summed E-state index contributed by atoms with van der Waals surface area (Å²) in [4.78, 5) is 14.5. The number of aliphatic hydroxyl groups is 1. The molecule has 0 saturated carbocycles. The van der Waals surface area contributed by atoms with Crippen molar-refractivity contribution in [2.75, 3.05) is 6.54 Å². The van der Waals surface area contributed by atoms with Crippen LogP contribution in [0.4, 0.5) is 0 Å². The van der Waals surface area contributed by atoms with E-state index in [9.17, 15) is 9.90 Å². The van der Waals surface area contributed by atoms with Crippen LogP contribution in [0.15, 0.2) is 12.3 Å². The topological polar surface area (TPSA) is 65.1 Å². The number of aromatic amines is 1. The smallest absolute Gasteiger partial charge is 0.253 e. The van der Waals surface area contributed by atoms with Gasteiger partial charge in [0.15, 0.2) is 0 Å². The molecule has 1 rings (SSSR count). The minimum Gasteiger partial charge on any atom is -0.391 e. The Kier molecular flexibility index (Phi) is 3.91.